The minimum atomic E-state index is -0.439. The van der Waals surface area contributed by atoms with Gasteiger partial charge in [-0.25, -0.2) is 4.79 Å². The van der Waals surface area contributed by atoms with E-state index in [9.17, 15) is 9.59 Å². The third-order valence-corrected chi connectivity index (χ3v) is 3.95. The van der Waals surface area contributed by atoms with Crippen LogP contribution in [-0.4, -0.2) is 54.7 Å². The van der Waals surface area contributed by atoms with E-state index in [4.69, 9.17) is 4.74 Å². The van der Waals surface area contributed by atoms with Crippen LogP contribution in [0.1, 0.15) is 46.5 Å². The normalized spacial score (nSPS) is 19.9. The average molecular weight is 311 g/mol. The lowest BCUT2D eigenvalue weighted by Gasteiger charge is -2.33. The standard InChI is InChI=1S/C16H29N3O3/c1-16(2,3)22-15(21)19-10-6-13(7-11-19)17-8-9-18-14(20)12-4-5-12/h12-13,17H,4-11H2,1-3H3,(H,18,20). The maximum absolute atomic E-state index is 12.0. The molecule has 2 N–H and O–H groups in total. The maximum atomic E-state index is 12.0. The summed E-state index contributed by atoms with van der Waals surface area (Å²) in [5.41, 5.74) is -0.439. The van der Waals surface area contributed by atoms with E-state index in [2.05, 4.69) is 10.6 Å². The summed E-state index contributed by atoms with van der Waals surface area (Å²) in [6.07, 6.45) is 3.72. The highest BCUT2D eigenvalue weighted by atomic mass is 16.6. The fraction of sp³-hybridized carbons (Fsp3) is 0.875. The van der Waals surface area contributed by atoms with E-state index in [-0.39, 0.29) is 17.9 Å². The smallest absolute Gasteiger partial charge is 0.410 e. The van der Waals surface area contributed by atoms with Gasteiger partial charge in [0.15, 0.2) is 0 Å². The zero-order chi connectivity index (χ0) is 16.2. The first kappa shape index (κ1) is 17.1. The van der Waals surface area contributed by atoms with Crippen molar-refractivity contribution in [3.63, 3.8) is 0 Å². The quantitative estimate of drug-likeness (QED) is 0.755. The van der Waals surface area contributed by atoms with E-state index in [1.165, 1.54) is 0 Å². The number of rotatable bonds is 5. The van der Waals surface area contributed by atoms with Gasteiger partial charge < -0.3 is 20.3 Å². The van der Waals surface area contributed by atoms with Gasteiger partial charge >= 0.3 is 6.09 Å². The minimum absolute atomic E-state index is 0.196. The molecule has 1 saturated heterocycles. The molecule has 0 atom stereocenters. The molecule has 0 unspecified atom stereocenters. The third kappa shape index (κ3) is 5.83. The number of nitrogens with zero attached hydrogens (tertiary/aromatic N) is 1. The van der Waals surface area contributed by atoms with Crippen molar-refractivity contribution in [3.8, 4) is 0 Å². The second kappa shape index (κ2) is 7.31. The monoisotopic (exact) mass is 311 g/mol. The first-order valence-electron chi connectivity index (χ1n) is 8.34. The number of ether oxygens (including phenoxy) is 1. The zero-order valence-corrected chi connectivity index (χ0v) is 14.0. The molecule has 6 heteroatoms. The summed E-state index contributed by atoms with van der Waals surface area (Å²) in [6, 6.07) is 0.413. The Balaban J connectivity index is 1.56. The molecule has 2 fully saturated rings. The summed E-state index contributed by atoms with van der Waals surface area (Å²) < 4.78 is 5.38. The summed E-state index contributed by atoms with van der Waals surface area (Å²) in [5.74, 6) is 0.471. The third-order valence-electron chi connectivity index (χ3n) is 3.95. The fourth-order valence-electron chi connectivity index (χ4n) is 2.54. The molecule has 1 saturated carbocycles. The Labute approximate surface area is 132 Å². The highest BCUT2D eigenvalue weighted by Gasteiger charge is 2.29. The van der Waals surface area contributed by atoms with Crippen LogP contribution in [0, 0.1) is 5.92 Å². The number of amides is 2. The predicted molar refractivity (Wildman–Crippen MR) is 84.6 cm³/mol. The van der Waals surface area contributed by atoms with Crippen LogP contribution in [-0.2, 0) is 9.53 Å². The first-order valence-corrected chi connectivity index (χ1v) is 8.34. The summed E-state index contributed by atoms with van der Waals surface area (Å²) in [5, 5.41) is 6.40. The molecular formula is C16H29N3O3. The topological polar surface area (TPSA) is 70.7 Å². The Bertz CT molecular complexity index is 394. The molecule has 126 valence electrons. The van der Waals surface area contributed by atoms with Crippen molar-refractivity contribution < 1.29 is 14.3 Å². The lowest BCUT2D eigenvalue weighted by molar-refractivity contribution is -0.122. The Morgan fingerprint density at radius 2 is 1.73 bits per heavy atom. The van der Waals surface area contributed by atoms with Crippen molar-refractivity contribution >= 4 is 12.0 Å². The van der Waals surface area contributed by atoms with Gasteiger partial charge in [-0.3, -0.25) is 4.79 Å². The first-order chi connectivity index (χ1) is 10.3. The van der Waals surface area contributed by atoms with Crippen molar-refractivity contribution in [3.05, 3.63) is 0 Å². The number of likely N-dealkylation sites (tertiary alicyclic amines) is 1. The van der Waals surface area contributed by atoms with Crippen molar-refractivity contribution in [2.75, 3.05) is 26.2 Å². The van der Waals surface area contributed by atoms with Crippen LogP contribution in [0.5, 0.6) is 0 Å². The number of hydrogen-bond acceptors (Lipinski definition) is 4. The van der Waals surface area contributed by atoms with Crippen molar-refractivity contribution in [1.29, 1.82) is 0 Å². The summed E-state index contributed by atoms with van der Waals surface area (Å²) in [4.78, 5) is 25.2. The molecule has 2 rings (SSSR count). The van der Waals surface area contributed by atoms with E-state index in [0.29, 0.717) is 12.6 Å². The van der Waals surface area contributed by atoms with Crippen molar-refractivity contribution in [2.45, 2.75) is 58.1 Å². The largest absolute Gasteiger partial charge is 0.444 e. The van der Waals surface area contributed by atoms with Crippen LogP contribution >= 0.6 is 0 Å². The highest BCUT2D eigenvalue weighted by Crippen LogP contribution is 2.28. The van der Waals surface area contributed by atoms with Gasteiger partial charge in [0.1, 0.15) is 5.60 Å². The predicted octanol–water partition coefficient (Wildman–Crippen LogP) is 1.50. The van der Waals surface area contributed by atoms with Gasteiger partial charge in [0.2, 0.25) is 5.91 Å². The zero-order valence-electron chi connectivity index (χ0n) is 14.0. The molecule has 1 heterocycles. The minimum Gasteiger partial charge on any atom is -0.444 e. The number of nitrogens with one attached hydrogen (secondary N) is 2. The van der Waals surface area contributed by atoms with Gasteiger partial charge in [-0.15, -0.1) is 0 Å². The van der Waals surface area contributed by atoms with Crippen LogP contribution in [0.2, 0.25) is 0 Å². The molecule has 0 radical (unpaired) electrons. The molecule has 0 aromatic heterocycles. The Morgan fingerprint density at radius 1 is 1.09 bits per heavy atom. The lowest BCUT2D eigenvalue weighted by atomic mass is 10.1. The molecule has 1 aliphatic heterocycles. The fourth-order valence-corrected chi connectivity index (χ4v) is 2.54. The summed E-state index contributed by atoms with van der Waals surface area (Å²) in [6.45, 7) is 8.57. The van der Waals surface area contributed by atoms with Gasteiger partial charge in [0.05, 0.1) is 0 Å². The second-order valence-electron chi connectivity index (χ2n) is 7.26. The number of piperidine rings is 1. The molecule has 0 aromatic rings. The molecule has 0 spiro atoms. The molecule has 0 bridgehead atoms. The highest BCUT2D eigenvalue weighted by molar-refractivity contribution is 5.80. The van der Waals surface area contributed by atoms with E-state index in [1.54, 1.807) is 4.90 Å². The van der Waals surface area contributed by atoms with Crippen LogP contribution in [0.25, 0.3) is 0 Å². The average Bonchev–Trinajstić information content (AvgIpc) is 3.26. The SMILES string of the molecule is CC(C)(C)OC(=O)N1CCC(NCCNC(=O)C2CC2)CC1. The Kier molecular flexibility index (Phi) is 5.67. The second-order valence-corrected chi connectivity index (χ2v) is 7.26. The molecule has 0 aromatic carbocycles. The van der Waals surface area contributed by atoms with E-state index >= 15 is 0 Å². The van der Waals surface area contributed by atoms with Gasteiger partial charge in [-0.2, -0.15) is 0 Å². The molecule has 1 aliphatic carbocycles. The summed E-state index contributed by atoms with van der Waals surface area (Å²) >= 11 is 0. The maximum Gasteiger partial charge on any atom is 0.410 e. The molecule has 22 heavy (non-hydrogen) atoms. The van der Waals surface area contributed by atoms with Crippen LogP contribution in [0.3, 0.4) is 0 Å². The number of hydrogen-bond donors (Lipinski definition) is 2. The van der Waals surface area contributed by atoms with Crippen LogP contribution in [0.4, 0.5) is 4.79 Å². The lowest BCUT2D eigenvalue weighted by Crippen LogP contribution is -2.47. The van der Waals surface area contributed by atoms with Gasteiger partial charge in [0.25, 0.3) is 0 Å². The van der Waals surface area contributed by atoms with Crippen LogP contribution in [0.15, 0.2) is 0 Å². The van der Waals surface area contributed by atoms with Gasteiger partial charge in [-0.1, -0.05) is 0 Å². The molecular weight excluding hydrogens is 282 g/mol. The van der Waals surface area contributed by atoms with Crippen molar-refractivity contribution in [1.82, 2.24) is 15.5 Å². The molecule has 6 nitrogen and oxygen atoms in total. The van der Waals surface area contributed by atoms with Gasteiger partial charge in [-0.05, 0) is 46.5 Å². The van der Waals surface area contributed by atoms with Crippen LogP contribution < -0.4 is 10.6 Å². The summed E-state index contributed by atoms with van der Waals surface area (Å²) in [7, 11) is 0. The van der Waals surface area contributed by atoms with E-state index in [1.807, 2.05) is 20.8 Å². The van der Waals surface area contributed by atoms with Gasteiger partial charge in [0, 0.05) is 38.1 Å². The number of carbonyl (C=O) groups excluding carboxylic acids is 2. The van der Waals surface area contributed by atoms with E-state index < -0.39 is 5.60 Å². The number of carbonyl (C=O) groups is 2. The van der Waals surface area contributed by atoms with Crippen molar-refractivity contribution in [2.24, 2.45) is 5.92 Å². The van der Waals surface area contributed by atoms with E-state index in [0.717, 1.165) is 45.3 Å². The Hall–Kier alpha value is -1.30. The molecule has 2 amide bonds. The molecule has 2 aliphatic rings. The Morgan fingerprint density at radius 3 is 2.27 bits per heavy atom.